The highest BCUT2D eigenvalue weighted by atomic mass is 16.5. The van der Waals surface area contributed by atoms with Crippen LogP contribution >= 0.6 is 0 Å². The molecule has 0 aliphatic carbocycles. The maximum atomic E-state index is 12.2. The van der Waals surface area contributed by atoms with Crippen LogP contribution in [0.2, 0.25) is 0 Å². The number of amides is 2. The minimum absolute atomic E-state index is 0.0421. The number of nitrogens with one attached hydrogen (secondary N) is 2. The zero-order valence-electron chi connectivity index (χ0n) is 16.4. The Labute approximate surface area is 161 Å². The van der Waals surface area contributed by atoms with E-state index in [1.54, 1.807) is 0 Å². The summed E-state index contributed by atoms with van der Waals surface area (Å²) in [5, 5.41) is 5.76. The molecule has 6 heteroatoms. The second-order valence-corrected chi connectivity index (χ2v) is 7.60. The van der Waals surface area contributed by atoms with Crippen LogP contribution in [0.15, 0.2) is 18.2 Å². The van der Waals surface area contributed by atoms with Crippen LogP contribution in [0, 0.1) is 6.92 Å². The minimum atomic E-state index is -0.772. The number of hydrogen-bond acceptors (Lipinski definition) is 4. The van der Waals surface area contributed by atoms with Crippen LogP contribution in [0.25, 0.3) is 0 Å². The van der Waals surface area contributed by atoms with Crippen LogP contribution in [-0.4, -0.2) is 48.5 Å². The fourth-order valence-corrected chi connectivity index (χ4v) is 3.97. The van der Waals surface area contributed by atoms with Gasteiger partial charge < -0.3 is 20.3 Å². The maximum absolute atomic E-state index is 12.2. The summed E-state index contributed by atoms with van der Waals surface area (Å²) < 4.78 is 5.72. The van der Waals surface area contributed by atoms with Crippen molar-refractivity contribution < 1.29 is 14.3 Å². The van der Waals surface area contributed by atoms with Crippen molar-refractivity contribution >= 4 is 17.5 Å². The van der Waals surface area contributed by atoms with Crippen LogP contribution in [-0.2, 0) is 9.59 Å². The van der Waals surface area contributed by atoms with E-state index in [4.69, 9.17) is 4.74 Å². The average Bonchev–Trinajstić information content (AvgIpc) is 2.66. The predicted octanol–water partition coefficient (Wildman–Crippen LogP) is 2.86. The molecule has 2 heterocycles. The van der Waals surface area contributed by atoms with Crippen LogP contribution < -0.4 is 15.4 Å². The van der Waals surface area contributed by atoms with Gasteiger partial charge in [-0.1, -0.05) is 19.4 Å². The van der Waals surface area contributed by atoms with Gasteiger partial charge in [0.05, 0.1) is 12.1 Å². The van der Waals surface area contributed by atoms with Crippen molar-refractivity contribution in [1.29, 1.82) is 0 Å². The monoisotopic (exact) mass is 373 g/mol. The van der Waals surface area contributed by atoms with Crippen molar-refractivity contribution in [2.24, 2.45) is 0 Å². The molecule has 2 amide bonds. The molecule has 0 saturated carbocycles. The first-order chi connectivity index (χ1) is 13.1. The predicted molar refractivity (Wildman–Crippen MR) is 106 cm³/mol. The van der Waals surface area contributed by atoms with E-state index in [2.05, 4.69) is 22.5 Å². The molecule has 3 rings (SSSR count). The summed E-state index contributed by atoms with van der Waals surface area (Å²) in [6, 6.07) is 6.32. The zero-order valence-corrected chi connectivity index (χ0v) is 16.4. The molecule has 1 fully saturated rings. The molecule has 2 aliphatic heterocycles. The van der Waals surface area contributed by atoms with Gasteiger partial charge in [0.25, 0.3) is 5.91 Å². The summed E-state index contributed by atoms with van der Waals surface area (Å²) in [6.07, 6.45) is 5.30. The van der Waals surface area contributed by atoms with E-state index in [-0.39, 0.29) is 18.2 Å². The summed E-state index contributed by atoms with van der Waals surface area (Å²) in [4.78, 5) is 26.9. The number of anilines is 1. The first-order valence-electron chi connectivity index (χ1n) is 10.2. The highest BCUT2D eigenvalue weighted by Crippen LogP contribution is 2.31. The maximum Gasteiger partial charge on any atom is 0.266 e. The Morgan fingerprint density at radius 2 is 2.22 bits per heavy atom. The molecule has 2 aliphatic rings. The number of carbonyl (C=O) groups excluding carboxylic acids is 2. The third-order valence-electron chi connectivity index (χ3n) is 5.49. The average molecular weight is 373 g/mol. The van der Waals surface area contributed by atoms with Crippen molar-refractivity contribution in [2.45, 2.75) is 64.5 Å². The Morgan fingerprint density at radius 3 is 3.04 bits per heavy atom. The summed E-state index contributed by atoms with van der Waals surface area (Å²) >= 11 is 0. The lowest BCUT2D eigenvalue weighted by Gasteiger charge is -2.35. The molecule has 0 aromatic heterocycles. The van der Waals surface area contributed by atoms with Gasteiger partial charge in [-0.05, 0) is 56.8 Å². The Hall–Kier alpha value is -2.08. The van der Waals surface area contributed by atoms with Crippen molar-refractivity contribution in [1.82, 2.24) is 10.2 Å². The number of fused-ring (bicyclic) bond motifs is 1. The summed E-state index contributed by atoms with van der Waals surface area (Å²) in [7, 11) is 0. The van der Waals surface area contributed by atoms with Crippen LogP contribution in [0.3, 0.4) is 0 Å². The quantitative estimate of drug-likeness (QED) is 0.721. The lowest BCUT2D eigenvalue weighted by molar-refractivity contribution is -0.130. The number of hydrogen-bond donors (Lipinski definition) is 2. The van der Waals surface area contributed by atoms with E-state index in [9.17, 15) is 9.59 Å². The van der Waals surface area contributed by atoms with Gasteiger partial charge in [-0.25, -0.2) is 0 Å². The number of benzene rings is 1. The largest absolute Gasteiger partial charge is 0.478 e. The fraction of sp³-hybridized carbons (Fsp3) is 0.619. The molecular formula is C21H31N3O3. The second-order valence-electron chi connectivity index (χ2n) is 7.60. The molecule has 148 valence electrons. The van der Waals surface area contributed by atoms with Gasteiger partial charge in [-0.3, -0.25) is 9.59 Å². The van der Waals surface area contributed by atoms with Gasteiger partial charge in [0.2, 0.25) is 5.91 Å². The van der Waals surface area contributed by atoms with Crippen molar-refractivity contribution in [3.63, 3.8) is 0 Å². The first kappa shape index (κ1) is 19.7. The molecule has 1 aromatic rings. The Kier molecular flexibility index (Phi) is 6.72. The standard InChI is InChI=1S/C21H31N3O3/c1-3-16-7-4-5-11-24(16)12-6-10-22-20(25)14-19-21(26)23-17-13-15(2)8-9-18(17)27-19/h8-9,13,16,19H,3-7,10-12,14H2,1-2H3,(H,22,25)(H,23,26)/t16-,19+/m0/s1. The summed E-state index contributed by atoms with van der Waals surface area (Å²) in [5.41, 5.74) is 1.72. The van der Waals surface area contributed by atoms with Gasteiger partial charge in [0, 0.05) is 19.1 Å². The van der Waals surface area contributed by atoms with E-state index in [1.165, 1.54) is 32.2 Å². The highest BCUT2D eigenvalue weighted by molar-refractivity contribution is 6.00. The molecule has 2 atom stereocenters. The minimum Gasteiger partial charge on any atom is -0.478 e. The van der Waals surface area contributed by atoms with E-state index >= 15 is 0 Å². The number of likely N-dealkylation sites (tertiary alicyclic amines) is 1. The molecule has 0 bridgehead atoms. The third kappa shape index (κ3) is 5.22. The van der Waals surface area contributed by atoms with Crippen molar-refractivity contribution in [3.05, 3.63) is 23.8 Å². The molecule has 2 N–H and O–H groups in total. The van der Waals surface area contributed by atoms with E-state index in [0.29, 0.717) is 24.0 Å². The van der Waals surface area contributed by atoms with Gasteiger partial charge in [-0.2, -0.15) is 0 Å². The van der Waals surface area contributed by atoms with Gasteiger partial charge in [0.1, 0.15) is 5.75 Å². The Balaban J connectivity index is 1.40. The number of carbonyl (C=O) groups is 2. The smallest absolute Gasteiger partial charge is 0.266 e. The summed E-state index contributed by atoms with van der Waals surface area (Å²) in [5.74, 6) is 0.215. The molecule has 0 unspecified atom stereocenters. The lowest BCUT2D eigenvalue weighted by Crippen LogP contribution is -2.42. The molecule has 1 saturated heterocycles. The van der Waals surface area contributed by atoms with Gasteiger partial charge >= 0.3 is 0 Å². The number of ether oxygens (including phenoxy) is 1. The van der Waals surface area contributed by atoms with Crippen LogP contribution in [0.4, 0.5) is 5.69 Å². The molecule has 0 spiro atoms. The van der Waals surface area contributed by atoms with Crippen molar-refractivity contribution in [3.8, 4) is 5.75 Å². The first-order valence-corrected chi connectivity index (χ1v) is 10.2. The zero-order chi connectivity index (χ0) is 19.2. The number of nitrogens with zero attached hydrogens (tertiary/aromatic N) is 1. The molecule has 1 aromatic carbocycles. The second kappa shape index (κ2) is 9.22. The molecule has 6 nitrogen and oxygen atoms in total. The number of piperidine rings is 1. The van der Waals surface area contributed by atoms with E-state index in [1.807, 2.05) is 25.1 Å². The van der Waals surface area contributed by atoms with E-state index < -0.39 is 6.10 Å². The SMILES string of the molecule is CC[C@H]1CCCCN1CCCNC(=O)C[C@H]1Oc2ccc(C)cc2NC1=O. The lowest BCUT2D eigenvalue weighted by atomic mass is 10.00. The van der Waals surface area contributed by atoms with Crippen LogP contribution in [0.5, 0.6) is 5.75 Å². The highest BCUT2D eigenvalue weighted by Gasteiger charge is 2.29. The Bertz CT molecular complexity index is 677. The number of rotatable bonds is 7. The van der Waals surface area contributed by atoms with E-state index in [0.717, 1.165) is 18.5 Å². The van der Waals surface area contributed by atoms with Gasteiger partial charge in [-0.15, -0.1) is 0 Å². The molecular weight excluding hydrogens is 342 g/mol. The normalized spacial score (nSPS) is 22.5. The number of aryl methyl sites for hydroxylation is 1. The topological polar surface area (TPSA) is 70.7 Å². The Morgan fingerprint density at radius 1 is 1.37 bits per heavy atom. The summed E-state index contributed by atoms with van der Waals surface area (Å²) in [6.45, 7) is 7.03. The fourth-order valence-electron chi connectivity index (χ4n) is 3.97. The van der Waals surface area contributed by atoms with Gasteiger partial charge in [0.15, 0.2) is 6.10 Å². The molecule has 27 heavy (non-hydrogen) atoms. The molecule has 0 radical (unpaired) electrons. The van der Waals surface area contributed by atoms with Crippen LogP contribution in [0.1, 0.15) is 51.0 Å². The third-order valence-corrected chi connectivity index (χ3v) is 5.49. The van der Waals surface area contributed by atoms with Crippen molar-refractivity contribution in [2.75, 3.05) is 25.0 Å².